The average Bonchev–Trinajstić information content (AvgIpc) is 2.84. The number of rotatable bonds is 3. The monoisotopic (exact) mass is 290 g/mol. The third-order valence-electron chi connectivity index (χ3n) is 5.50. The number of aromatic nitrogens is 1. The summed E-state index contributed by atoms with van der Waals surface area (Å²) in [4.78, 5) is 16.6. The molecule has 3 nitrogen and oxygen atoms in total. The first-order valence-electron chi connectivity index (χ1n) is 7.64. The summed E-state index contributed by atoms with van der Waals surface area (Å²) in [7, 11) is 0. The molecule has 0 aromatic carbocycles. The van der Waals surface area contributed by atoms with Gasteiger partial charge in [0, 0.05) is 17.3 Å². The highest BCUT2D eigenvalue weighted by atomic mass is 35.5. The highest BCUT2D eigenvalue weighted by Gasteiger charge is 2.65. The predicted molar refractivity (Wildman–Crippen MR) is 77.7 cm³/mol. The lowest BCUT2D eigenvalue weighted by molar-refractivity contribution is 0.0944. The van der Waals surface area contributed by atoms with Gasteiger partial charge in [0.1, 0.15) is 5.15 Å². The number of carbonyl (C=O) groups is 1. The van der Waals surface area contributed by atoms with Gasteiger partial charge in [-0.15, -0.1) is 0 Å². The van der Waals surface area contributed by atoms with Gasteiger partial charge in [0.05, 0.1) is 0 Å². The predicted octanol–water partition coefficient (Wildman–Crippen LogP) is 3.07. The van der Waals surface area contributed by atoms with E-state index in [1.165, 1.54) is 19.3 Å². The Kier molecular flexibility index (Phi) is 2.81. The number of hydrogen-bond donors (Lipinski definition) is 1. The van der Waals surface area contributed by atoms with Crippen LogP contribution < -0.4 is 5.32 Å². The highest BCUT2D eigenvalue weighted by Crippen LogP contribution is 2.65. The van der Waals surface area contributed by atoms with E-state index in [-0.39, 0.29) is 5.91 Å². The number of nitrogens with one attached hydrogen (secondary N) is 1. The average molecular weight is 291 g/mol. The van der Waals surface area contributed by atoms with E-state index in [2.05, 4.69) is 10.3 Å². The molecule has 3 saturated carbocycles. The Hall–Kier alpha value is -1.09. The van der Waals surface area contributed by atoms with Crippen LogP contribution in [0.2, 0.25) is 5.15 Å². The lowest BCUT2D eigenvalue weighted by Crippen LogP contribution is -2.30. The van der Waals surface area contributed by atoms with Crippen molar-refractivity contribution in [3.05, 3.63) is 28.5 Å². The minimum atomic E-state index is 0.0165. The second-order valence-electron chi connectivity index (χ2n) is 6.51. The van der Waals surface area contributed by atoms with Gasteiger partial charge in [-0.3, -0.25) is 4.79 Å². The molecular weight excluding hydrogens is 272 g/mol. The van der Waals surface area contributed by atoms with Crippen LogP contribution in [0.4, 0.5) is 0 Å². The Morgan fingerprint density at radius 1 is 1.35 bits per heavy atom. The van der Waals surface area contributed by atoms with E-state index in [9.17, 15) is 4.79 Å². The number of aryl methyl sites for hydroxylation is 1. The molecule has 3 aliphatic rings. The van der Waals surface area contributed by atoms with E-state index in [0.717, 1.165) is 35.8 Å². The van der Waals surface area contributed by atoms with E-state index in [0.29, 0.717) is 16.8 Å². The smallest absolute Gasteiger partial charge is 0.251 e. The van der Waals surface area contributed by atoms with Crippen molar-refractivity contribution in [2.75, 3.05) is 0 Å². The SMILES string of the molecule is CCc1cc(C(=O)NC2C3C4CCC(C4)C23)cc(Cl)n1. The fraction of sp³-hybridized carbons (Fsp3) is 0.625. The maximum Gasteiger partial charge on any atom is 0.251 e. The second-order valence-corrected chi connectivity index (χ2v) is 6.90. The zero-order valence-electron chi connectivity index (χ0n) is 11.6. The van der Waals surface area contributed by atoms with E-state index in [1.807, 2.05) is 13.0 Å². The largest absolute Gasteiger partial charge is 0.349 e. The van der Waals surface area contributed by atoms with Gasteiger partial charge in [0.2, 0.25) is 0 Å². The van der Waals surface area contributed by atoms with Crippen LogP contribution in [-0.4, -0.2) is 16.9 Å². The molecule has 4 heteroatoms. The van der Waals surface area contributed by atoms with Gasteiger partial charge in [-0.2, -0.15) is 0 Å². The fourth-order valence-electron chi connectivity index (χ4n) is 4.62. The summed E-state index contributed by atoms with van der Waals surface area (Å²) < 4.78 is 0. The molecule has 0 aliphatic heterocycles. The van der Waals surface area contributed by atoms with Gasteiger partial charge in [0.25, 0.3) is 5.91 Å². The van der Waals surface area contributed by atoms with Gasteiger partial charge >= 0.3 is 0 Å². The van der Waals surface area contributed by atoms with Crippen LogP contribution in [0.3, 0.4) is 0 Å². The van der Waals surface area contributed by atoms with Crippen molar-refractivity contribution in [2.24, 2.45) is 23.7 Å². The topological polar surface area (TPSA) is 42.0 Å². The number of fused-ring (bicyclic) bond motifs is 5. The highest BCUT2D eigenvalue weighted by molar-refractivity contribution is 6.29. The summed E-state index contributed by atoms with van der Waals surface area (Å²) in [5, 5.41) is 3.63. The van der Waals surface area contributed by atoms with Crippen molar-refractivity contribution in [1.82, 2.24) is 10.3 Å². The van der Waals surface area contributed by atoms with Crippen molar-refractivity contribution < 1.29 is 4.79 Å². The Morgan fingerprint density at radius 2 is 2.05 bits per heavy atom. The number of pyridine rings is 1. The summed E-state index contributed by atoms with van der Waals surface area (Å²) in [6.07, 6.45) is 4.95. The maximum absolute atomic E-state index is 12.4. The van der Waals surface area contributed by atoms with Crippen molar-refractivity contribution in [2.45, 2.75) is 38.6 Å². The lowest BCUT2D eigenvalue weighted by Gasteiger charge is -2.11. The number of hydrogen-bond acceptors (Lipinski definition) is 2. The van der Waals surface area contributed by atoms with Crippen LogP contribution >= 0.6 is 11.6 Å². The summed E-state index contributed by atoms with van der Waals surface area (Å²) in [6.45, 7) is 2.02. The summed E-state index contributed by atoms with van der Waals surface area (Å²) in [5.74, 6) is 3.30. The number of carbonyl (C=O) groups excluding carboxylic acids is 1. The van der Waals surface area contributed by atoms with Crippen LogP contribution in [0.1, 0.15) is 42.2 Å². The van der Waals surface area contributed by atoms with Gasteiger partial charge in [-0.1, -0.05) is 18.5 Å². The number of halogens is 1. The molecule has 1 N–H and O–H groups in total. The lowest BCUT2D eigenvalue weighted by atomic mass is 10.0. The summed E-state index contributed by atoms with van der Waals surface area (Å²) >= 11 is 5.99. The van der Waals surface area contributed by atoms with Crippen molar-refractivity contribution in [3.8, 4) is 0 Å². The maximum atomic E-state index is 12.4. The molecule has 1 amide bonds. The molecule has 1 aromatic heterocycles. The molecule has 3 fully saturated rings. The summed E-state index contributed by atoms with van der Waals surface area (Å²) in [5.41, 5.74) is 1.53. The molecule has 0 radical (unpaired) electrons. The van der Waals surface area contributed by atoms with Crippen LogP contribution in [0, 0.1) is 23.7 Å². The quantitative estimate of drug-likeness (QED) is 0.869. The molecule has 1 heterocycles. The third kappa shape index (κ3) is 1.86. The Bertz CT molecular complexity index is 558. The van der Waals surface area contributed by atoms with E-state index in [4.69, 9.17) is 11.6 Å². The third-order valence-corrected chi connectivity index (χ3v) is 5.70. The molecule has 4 atom stereocenters. The normalized spacial score (nSPS) is 36.8. The molecule has 0 saturated heterocycles. The molecule has 3 aliphatic carbocycles. The minimum Gasteiger partial charge on any atom is -0.349 e. The zero-order valence-corrected chi connectivity index (χ0v) is 12.4. The number of amides is 1. The van der Waals surface area contributed by atoms with Crippen LogP contribution in [0.15, 0.2) is 12.1 Å². The molecular formula is C16H19ClN2O. The van der Waals surface area contributed by atoms with Crippen LogP contribution in [-0.2, 0) is 6.42 Å². The minimum absolute atomic E-state index is 0.0165. The van der Waals surface area contributed by atoms with E-state index < -0.39 is 0 Å². The summed E-state index contributed by atoms with van der Waals surface area (Å²) in [6, 6.07) is 3.95. The first-order chi connectivity index (χ1) is 9.67. The van der Waals surface area contributed by atoms with E-state index >= 15 is 0 Å². The second kappa shape index (κ2) is 4.45. The molecule has 20 heavy (non-hydrogen) atoms. The van der Waals surface area contributed by atoms with Gasteiger partial charge < -0.3 is 5.32 Å². The Morgan fingerprint density at radius 3 is 2.70 bits per heavy atom. The first kappa shape index (κ1) is 12.6. The zero-order chi connectivity index (χ0) is 13.9. The Labute approximate surface area is 124 Å². The molecule has 106 valence electrons. The van der Waals surface area contributed by atoms with Crippen molar-refractivity contribution >= 4 is 17.5 Å². The molecule has 0 spiro atoms. The van der Waals surface area contributed by atoms with Crippen LogP contribution in [0.5, 0.6) is 0 Å². The molecule has 2 bridgehead atoms. The van der Waals surface area contributed by atoms with Crippen molar-refractivity contribution in [3.63, 3.8) is 0 Å². The fourth-order valence-corrected chi connectivity index (χ4v) is 4.84. The number of nitrogens with zero attached hydrogens (tertiary/aromatic N) is 1. The van der Waals surface area contributed by atoms with Gasteiger partial charge in [-0.25, -0.2) is 4.98 Å². The van der Waals surface area contributed by atoms with Gasteiger partial charge in [-0.05, 0) is 61.5 Å². The van der Waals surface area contributed by atoms with Gasteiger partial charge in [0.15, 0.2) is 0 Å². The standard InChI is InChI=1S/C16H19ClN2O/c1-2-11-6-10(7-12(17)18-11)16(20)19-15-13-8-3-4-9(5-8)14(13)15/h6-9,13-15H,2-5H2,1H3,(H,19,20). The molecule has 4 unspecified atom stereocenters. The Balaban J connectivity index is 1.48. The van der Waals surface area contributed by atoms with Crippen LogP contribution in [0.25, 0.3) is 0 Å². The molecule has 1 aromatic rings. The van der Waals surface area contributed by atoms with E-state index in [1.54, 1.807) is 6.07 Å². The molecule has 4 rings (SSSR count). The first-order valence-corrected chi connectivity index (χ1v) is 8.02. The van der Waals surface area contributed by atoms with Crippen molar-refractivity contribution in [1.29, 1.82) is 0 Å².